The summed E-state index contributed by atoms with van der Waals surface area (Å²) in [5.74, 6) is -1.44. The molecule has 0 aromatic carbocycles. The Morgan fingerprint density at radius 3 is 1.64 bits per heavy atom. The lowest BCUT2D eigenvalue weighted by Crippen LogP contribution is -2.32. The lowest BCUT2D eigenvalue weighted by molar-refractivity contribution is -0.314. The number of carboxylic acid groups (broad SMARTS) is 1. The van der Waals surface area contributed by atoms with Crippen molar-refractivity contribution in [1.29, 1.82) is 0 Å². The Kier molecular flexibility index (Phi) is 5.96. The highest BCUT2D eigenvalue weighted by Crippen LogP contribution is 1.69. The normalized spacial score (nSPS) is 12.7. The quantitative estimate of drug-likeness (QED) is 0.442. The lowest BCUT2D eigenvalue weighted by atomic mass is 10.4. The molecule has 0 saturated heterocycles. The molecule has 0 radical (unpaired) electrons. The van der Waals surface area contributed by atoms with Crippen LogP contribution in [0.25, 0.3) is 0 Å². The standard InChI is InChI=1S/C3H6O3.CH4O3S/c1-2(4)3(5)6;1-5(2,3)4/h2,4H,1H3,(H,5,6);1H3,(H,2,3,4)/p-2. The summed E-state index contributed by atoms with van der Waals surface area (Å²) in [5, 5.41) is 17.3. The molecule has 0 rings (SSSR count). The van der Waals surface area contributed by atoms with Gasteiger partial charge in [-0.1, -0.05) is 0 Å². The molecule has 0 aromatic rings. The third kappa shape index (κ3) is 45.1. The van der Waals surface area contributed by atoms with Crippen LogP contribution in [0.15, 0.2) is 0 Å². The number of aliphatic carboxylic acids is 1. The number of carboxylic acids is 1. The largest absolute Gasteiger partial charge is 0.748 e. The third-order valence-electron chi connectivity index (χ3n) is 0.341. The first-order valence-corrected chi connectivity index (χ1v) is 4.26. The van der Waals surface area contributed by atoms with Gasteiger partial charge in [0, 0.05) is 6.26 Å². The predicted octanol–water partition coefficient (Wildman–Crippen LogP) is -2.72. The predicted molar refractivity (Wildman–Crippen MR) is 32.3 cm³/mol. The molecule has 0 aliphatic rings. The second kappa shape index (κ2) is 5.05. The van der Waals surface area contributed by atoms with Gasteiger partial charge in [0.2, 0.25) is 0 Å². The van der Waals surface area contributed by atoms with E-state index in [2.05, 4.69) is 0 Å². The van der Waals surface area contributed by atoms with E-state index in [1.54, 1.807) is 0 Å². The van der Waals surface area contributed by atoms with Crippen LogP contribution in [-0.2, 0) is 14.9 Å². The Hall–Kier alpha value is -0.660. The number of rotatable bonds is 1. The van der Waals surface area contributed by atoms with Gasteiger partial charge in [0.25, 0.3) is 0 Å². The zero-order valence-corrected chi connectivity index (χ0v) is 6.79. The highest BCUT2D eigenvalue weighted by Gasteiger charge is 1.89. The van der Waals surface area contributed by atoms with E-state index in [1.807, 2.05) is 0 Å². The van der Waals surface area contributed by atoms with Gasteiger partial charge in [-0.15, -0.1) is 0 Å². The average molecular weight is 184 g/mol. The van der Waals surface area contributed by atoms with Crippen molar-refractivity contribution in [2.75, 3.05) is 6.26 Å². The Balaban J connectivity index is 0. The number of carbonyl (C=O) groups is 1. The van der Waals surface area contributed by atoms with Gasteiger partial charge in [-0.3, -0.25) is 0 Å². The van der Waals surface area contributed by atoms with Crippen LogP contribution in [0.2, 0.25) is 0 Å². The molecule has 7 heteroatoms. The van der Waals surface area contributed by atoms with Crippen LogP contribution in [0.5, 0.6) is 0 Å². The SMILES string of the molecule is CC(O)C(=O)[O-].CS(=O)(=O)[O-]. The maximum Gasteiger partial charge on any atom is 0.0916 e. The van der Waals surface area contributed by atoms with E-state index in [0.29, 0.717) is 6.26 Å². The molecule has 0 amide bonds. The van der Waals surface area contributed by atoms with Crippen molar-refractivity contribution in [1.82, 2.24) is 0 Å². The number of carbonyl (C=O) groups excluding carboxylic acids is 1. The van der Waals surface area contributed by atoms with Gasteiger partial charge in [-0.05, 0) is 6.92 Å². The maximum absolute atomic E-state index is 9.34. The zero-order valence-electron chi connectivity index (χ0n) is 5.97. The molecule has 0 aromatic heterocycles. The smallest absolute Gasteiger partial charge is 0.0916 e. The monoisotopic (exact) mass is 184 g/mol. The van der Waals surface area contributed by atoms with E-state index in [4.69, 9.17) is 18.1 Å². The minimum atomic E-state index is -3.92. The number of hydrogen-bond acceptors (Lipinski definition) is 6. The van der Waals surface area contributed by atoms with E-state index in [0.717, 1.165) is 6.92 Å². The van der Waals surface area contributed by atoms with E-state index in [-0.39, 0.29) is 0 Å². The molecule has 1 N–H and O–H groups in total. The molecule has 0 saturated carbocycles. The molecule has 1 unspecified atom stereocenters. The summed E-state index contributed by atoms with van der Waals surface area (Å²) in [7, 11) is -3.92. The second-order valence-corrected chi connectivity index (χ2v) is 3.11. The molecule has 0 fully saturated rings. The average Bonchev–Trinajstić information content (AvgIpc) is 1.59. The summed E-state index contributed by atoms with van der Waals surface area (Å²) in [4.78, 5) is 9.34. The van der Waals surface area contributed by atoms with Crippen molar-refractivity contribution in [2.24, 2.45) is 0 Å². The fraction of sp³-hybridized carbons (Fsp3) is 0.750. The fourth-order valence-electron chi connectivity index (χ4n) is 0. The van der Waals surface area contributed by atoms with Crippen LogP contribution in [0.3, 0.4) is 0 Å². The molecule has 1 atom stereocenters. The van der Waals surface area contributed by atoms with Gasteiger partial charge < -0.3 is 19.6 Å². The number of aliphatic hydroxyl groups excluding tert-OH is 1. The van der Waals surface area contributed by atoms with Crippen molar-refractivity contribution in [3.8, 4) is 0 Å². The van der Waals surface area contributed by atoms with Crippen LogP contribution < -0.4 is 5.11 Å². The Morgan fingerprint density at radius 2 is 1.64 bits per heavy atom. The molecule has 6 nitrogen and oxygen atoms in total. The van der Waals surface area contributed by atoms with Gasteiger partial charge in [-0.2, -0.15) is 0 Å². The third-order valence-corrected chi connectivity index (χ3v) is 0.341. The van der Waals surface area contributed by atoms with Crippen LogP contribution in [0.1, 0.15) is 6.92 Å². The van der Waals surface area contributed by atoms with Crippen LogP contribution in [0.4, 0.5) is 0 Å². The fourth-order valence-corrected chi connectivity index (χ4v) is 0. The first-order chi connectivity index (χ1) is 4.64. The van der Waals surface area contributed by atoms with Crippen molar-refractivity contribution in [2.45, 2.75) is 13.0 Å². The van der Waals surface area contributed by atoms with Gasteiger partial charge in [0.15, 0.2) is 0 Å². The first kappa shape index (κ1) is 13.0. The Morgan fingerprint density at radius 1 is 1.55 bits per heavy atom. The number of aliphatic hydroxyl groups is 1. The van der Waals surface area contributed by atoms with Gasteiger partial charge >= 0.3 is 0 Å². The topological polar surface area (TPSA) is 118 Å². The molecular formula is C4H8O6S-2. The summed E-state index contributed by atoms with van der Waals surface area (Å²) < 4.78 is 27.2. The van der Waals surface area contributed by atoms with E-state index >= 15 is 0 Å². The minimum Gasteiger partial charge on any atom is -0.748 e. The molecule has 0 aliphatic carbocycles. The lowest BCUT2D eigenvalue weighted by Gasteiger charge is -2.00. The minimum absolute atomic E-state index is 0.604. The summed E-state index contributed by atoms with van der Waals surface area (Å²) in [6.45, 7) is 1.13. The molecule has 0 bridgehead atoms. The van der Waals surface area contributed by atoms with E-state index in [1.165, 1.54) is 0 Å². The Bertz CT molecular complexity index is 195. The van der Waals surface area contributed by atoms with Crippen LogP contribution in [-0.4, -0.2) is 36.4 Å². The second-order valence-electron chi connectivity index (χ2n) is 1.70. The summed E-state index contributed by atoms with van der Waals surface area (Å²) >= 11 is 0. The van der Waals surface area contributed by atoms with Crippen molar-refractivity contribution in [3.05, 3.63) is 0 Å². The van der Waals surface area contributed by atoms with Crippen molar-refractivity contribution >= 4 is 16.1 Å². The van der Waals surface area contributed by atoms with Gasteiger partial charge in [-0.25, -0.2) is 8.42 Å². The maximum atomic E-state index is 9.34. The van der Waals surface area contributed by atoms with E-state index in [9.17, 15) is 9.90 Å². The molecule has 68 valence electrons. The molecule has 0 aliphatic heterocycles. The van der Waals surface area contributed by atoms with Crippen LogP contribution >= 0.6 is 0 Å². The van der Waals surface area contributed by atoms with Gasteiger partial charge in [0.05, 0.1) is 22.2 Å². The van der Waals surface area contributed by atoms with Gasteiger partial charge in [0.1, 0.15) is 0 Å². The molecule has 11 heavy (non-hydrogen) atoms. The zero-order chi connectivity index (χ0) is 9.65. The summed E-state index contributed by atoms with van der Waals surface area (Å²) in [6, 6.07) is 0. The molecule has 0 spiro atoms. The first-order valence-electron chi connectivity index (χ1n) is 2.44. The summed E-state index contributed by atoms with van der Waals surface area (Å²) in [6.07, 6.45) is -0.738. The molecular weight excluding hydrogens is 176 g/mol. The molecule has 0 heterocycles. The highest BCUT2D eigenvalue weighted by molar-refractivity contribution is 7.84. The van der Waals surface area contributed by atoms with Crippen molar-refractivity contribution in [3.63, 3.8) is 0 Å². The Labute approximate surface area is 64.2 Å². The number of hydrogen-bond donors (Lipinski definition) is 1. The van der Waals surface area contributed by atoms with Crippen LogP contribution in [0, 0.1) is 0 Å². The summed E-state index contributed by atoms with van der Waals surface area (Å²) in [5.41, 5.74) is 0. The highest BCUT2D eigenvalue weighted by atomic mass is 32.2. The van der Waals surface area contributed by atoms with Crippen molar-refractivity contribution < 1.29 is 28.0 Å². The van der Waals surface area contributed by atoms with E-state index < -0.39 is 22.2 Å².